The Morgan fingerprint density at radius 3 is 2.54 bits per heavy atom. The molecule has 0 unspecified atom stereocenters. The van der Waals surface area contributed by atoms with Crippen LogP contribution in [0.2, 0.25) is 5.02 Å². The van der Waals surface area contributed by atoms with Gasteiger partial charge in [-0.2, -0.15) is 0 Å². The Morgan fingerprint density at radius 2 is 1.92 bits per heavy atom. The van der Waals surface area contributed by atoms with E-state index in [1.54, 1.807) is 36.4 Å². The number of nitrogen functional groups attached to an aromatic ring is 1. The molecule has 0 saturated heterocycles. The van der Waals surface area contributed by atoms with Gasteiger partial charge in [0.2, 0.25) is 0 Å². The van der Waals surface area contributed by atoms with Crippen LogP contribution in [0.25, 0.3) is 16.7 Å². The predicted octanol–water partition coefficient (Wildman–Crippen LogP) is 3.17. The minimum atomic E-state index is -0.801. The third-order valence-corrected chi connectivity index (χ3v) is 4.20. The number of benzene rings is 1. The number of nitrogens with two attached hydrogens (primary N) is 1. The lowest BCUT2D eigenvalue weighted by Crippen LogP contribution is -2.28. The second-order valence-electron chi connectivity index (χ2n) is 4.90. The number of carbonyl (C=O) groups excluding carboxylic acids is 1. The van der Waals surface area contributed by atoms with Crippen LogP contribution in [0.1, 0.15) is 10.4 Å². The second-order valence-corrected chi connectivity index (χ2v) is 6.15. The summed E-state index contributed by atoms with van der Waals surface area (Å²) in [6.07, 6.45) is 0. The number of methoxy groups -OCH3 is 1. The number of anilines is 1. The highest BCUT2D eigenvalue weighted by Gasteiger charge is 2.23. The van der Waals surface area contributed by atoms with Crippen LogP contribution in [0.4, 0.5) is 5.69 Å². The summed E-state index contributed by atoms with van der Waals surface area (Å²) in [7, 11) is 1.19. The molecule has 1 aromatic carbocycles. The lowest BCUT2D eigenvalue weighted by atomic mass is 10.1. The van der Waals surface area contributed by atoms with Gasteiger partial charge in [-0.1, -0.05) is 11.6 Å². The minimum absolute atomic E-state index is 0.0343. The van der Waals surface area contributed by atoms with Crippen LogP contribution < -0.4 is 11.3 Å². The highest BCUT2D eigenvalue weighted by atomic mass is 79.9. The van der Waals surface area contributed by atoms with Crippen LogP contribution in [0, 0.1) is 0 Å². The van der Waals surface area contributed by atoms with Gasteiger partial charge in [-0.3, -0.25) is 9.36 Å². The van der Waals surface area contributed by atoms with Gasteiger partial charge >= 0.3 is 5.97 Å². The summed E-state index contributed by atoms with van der Waals surface area (Å²) in [6.45, 7) is 0. The Labute approximate surface area is 149 Å². The van der Waals surface area contributed by atoms with Crippen molar-refractivity contribution >= 4 is 50.2 Å². The van der Waals surface area contributed by atoms with Gasteiger partial charge in [-0.25, -0.2) is 9.78 Å². The van der Waals surface area contributed by atoms with Crippen molar-refractivity contribution in [3.63, 3.8) is 0 Å². The Hall–Kier alpha value is -2.38. The molecule has 2 N–H and O–H groups in total. The quantitative estimate of drug-likeness (QED) is 0.520. The van der Waals surface area contributed by atoms with Crippen molar-refractivity contribution in [2.24, 2.45) is 0 Å². The molecule has 0 bridgehead atoms. The summed E-state index contributed by atoms with van der Waals surface area (Å²) in [5.74, 6) is -0.801. The molecular weight excluding hydrogens is 398 g/mol. The van der Waals surface area contributed by atoms with E-state index < -0.39 is 11.5 Å². The first kappa shape index (κ1) is 16.5. The van der Waals surface area contributed by atoms with Crippen molar-refractivity contribution in [2.75, 3.05) is 12.8 Å². The number of aromatic nitrogens is 2. The highest BCUT2D eigenvalue weighted by Crippen LogP contribution is 2.26. The van der Waals surface area contributed by atoms with Gasteiger partial charge in [0.1, 0.15) is 10.2 Å². The van der Waals surface area contributed by atoms with Gasteiger partial charge in [0.05, 0.1) is 18.5 Å². The average molecular weight is 409 g/mol. The van der Waals surface area contributed by atoms with E-state index in [-0.39, 0.29) is 11.3 Å². The molecule has 24 heavy (non-hydrogen) atoms. The fourth-order valence-corrected chi connectivity index (χ4v) is 2.82. The highest BCUT2D eigenvalue weighted by molar-refractivity contribution is 9.10. The van der Waals surface area contributed by atoms with Crippen LogP contribution in [0.5, 0.6) is 0 Å². The molecule has 2 aromatic heterocycles. The summed E-state index contributed by atoms with van der Waals surface area (Å²) in [5.41, 5.74) is 6.04. The normalized spacial score (nSPS) is 10.8. The van der Waals surface area contributed by atoms with Crippen LogP contribution in [0.3, 0.4) is 0 Å². The van der Waals surface area contributed by atoms with Crippen LogP contribution >= 0.6 is 27.5 Å². The van der Waals surface area contributed by atoms with E-state index in [4.69, 9.17) is 22.1 Å². The smallest absolute Gasteiger partial charge is 0.345 e. The molecule has 0 amide bonds. The number of esters is 1. The number of nitrogens with zero attached hydrogens (tertiary/aromatic N) is 2. The third kappa shape index (κ3) is 2.65. The summed E-state index contributed by atoms with van der Waals surface area (Å²) in [6, 6.07) is 9.95. The van der Waals surface area contributed by atoms with E-state index in [1.165, 1.54) is 11.7 Å². The number of carbonyl (C=O) groups is 1. The fraction of sp³-hybridized carbons (Fsp3) is 0.0625. The zero-order valence-corrected chi connectivity index (χ0v) is 14.8. The number of pyridine rings is 2. The summed E-state index contributed by atoms with van der Waals surface area (Å²) in [4.78, 5) is 29.3. The molecule has 0 radical (unpaired) electrons. The Balaban J connectivity index is 2.50. The molecule has 0 aliphatic heterocycles. The van der Waals surface area contributed by atoms with Gasteiger partial charge in [-0.15, -0.1) is 0 Å². The molecule has 0 aliphatic rings. The van der Waals surface area contributed by atoms with Crippen LogP contribution in [-0.2, 0) is 4.74 Å². The van der Waals surface area contributed by atoms with Crippen LogP contribution in [-0.4, -0.2) is 22.6 Å². The molecule has 0 saturated carbocycles. The van der Waals surface area contributed by atoms with Crippen molar-refractivity contribution in [1.29, 1.82) is 0 Å². The van der Waals surface area contributed by atoms with E-state index in [1.807, 2.05) is 0 Å². The number of halogens is 2. The second kappa shape index (κ2) is 6.26. The van der Waals surface area contributed by atoms with E-state index in [2.05, 4.69) is 20.9 Å². The standard InChI is InChI=1S/C16H11BrClN3O3/c1-24-16(23)12-13(19)10-6-7-11(17)20-14(10)21(15(12)22)9-4-2-8(18)3-5-9/h2-7H,19H2,1H3. The van der Waals surface area contributed by atoms with E-state index in [0.29, 0.717) is 26.3 Å². The first-order valence-electron chi connectivity index (χ1n) is 6.79. The maximum absolute atomic E-state index is 12.9. The van der Waals surface area contributed by atoms with Crippen molar-refractivity contribution in [2.45, 2.75) is 0 Å². The molecule has 3 aromatic rings. The van der Waals surface area contributed by atoms with E-state index >= 15 is 0 Å². The van der Waals surface area contributed by atoms with Gasteiger partial charge < -0.3 is 10.5 Å². The molecule has 3 rings (SSSR count). The summed E-state index contributed by atoms with van der Waals surface area (Å²) >= 11 is 9.19. The molecule has 0 spiro atoms. The summed E-state index contributed by atoms with van der Waals surface area (Å²) in [5, 5.41) is 0.988. The largest absolute Gasteiger partial charge is 0.465 e. The van der Waals surface area contributed by atoms with Crippen LogP contribution in [0.15, 0.2) is 45.8 Å². The molecule has 2 heterocycles. The van der Waals surface area contributed by atoms with E-state index in [0.717, 1.165) is 0 Å². The van der Waals surface area contributed by atoms with Gasteiger partial charge in [0, 0.05) is 10.4 Å². The lowest BCUT2D eigenvalue weighted by molar-refractivity contribution is 0.0600. The predicted molar refractivity (Wildman–Crippen MR) is 95.8 cm³/mol. The van der Waals surface area contributed by atoms with Crippen molar-refractivity contribution < 1.29 is 9.53 Å². The van der Waals surface area contributed by atoms with Gasteiger partial charge in [0.25, 0.3) is 5.56 Å². The van der Waals surface area contributed by atoms with Crippen molar-refractivity contribution in [3.8, 4) is 5.69 Å². The Bertz CT molecular complexity index is 1020. The maximum atomic E-state index is 12.9. The SMILES string of the molecule is COC(=O)c1c(N)c2ccc(Br)nc2n(-c2ccc(Cl)cc2)c1=O. The number of ether oxygens (including phenoxy) is 1. The maximum Gasteiger partial charge on any atom is 0.345 e. The molecule has 122 valence electrons. The third-order valence-electron chi connectivity index (χ3n) is 3.50. The Kier molecular flexibility index (Phi) is 4.29. The van der Waals surface area contributed by atoms with Gasteiger partial charge in [0.15, 0.2) is 5.65 Å². The summed E-state index contributed by atoms with van der Waals surface area (Å²) < 4.78 is 6.53. The molecular formula is C16H11BrClN3O3. The number of hydrogen-bond donors (Lipinski definition) is 1. The number of hydrogen-bond acceptors (Lipinski definition) is 5. The molecule has 8 heteroatoms. The van der Waals surface area contributed by atoms with Gasteiger partial charge in [-0.05, 0) is 52.3 Å². The lowest BCUT2D eigenvalue weighted by Gasteiger charge is -2.14. The minimum Gasteiger partial charge on any atom is -0.465 e. The topological polar surface area (TPSA) is 87.2 Å². The first-order chi connectivity index (χ1) is 11.4. The Morgan fingerprint density at radius 1 is 1.25 bits per heavy atom. The fourth-order valence-electron chi connectivity index (χ4n) is 2.39. The molecule has 6 nitrogen and oxygen atoms in total. The molecule has 0 aliphatic carbocycles. The average Bonchev–Trinajstić information content (AvgIpc) is 2.56. The zero-order valence-electron chi connectivity index (χ0n) is 12.4. The van der Waals surface area contributed by atoms with Crippen molar-refractivity contribution in [1.82, 2.24) is 9.55 Å². The monoisotopic (exact) mass is 407 g/mol. The molecule has 0 atom stereocenters. The molecule has 0 fully saturated rings. The number of rotatable bonds is 2. The van der Waals surface area contributed by atoms with E-state index in [9.17, 15) is 9.59 Å². The zero-order chi connectivity index (χ0) is 17.4. The van der Waals surface area contributed by atoms with Crippen molar-refractivity contribution in [3.05, 3.63) is 61.9 Å². The first-order valence-corrected chi connectivity index (χ1v) is 7.96. The number of fused-ring (bicyclic) bond motifs is 1.